The highest BCUT2D eigenvalue weighted by atomic mass is 16.1. The molecule has 0 bridgehead atoms. The maximum absolute atomic E-state index is 11.4. The molecule has 2 rings (SSSR count). The summed E-state index contributed by atoms with van der Waals surface area (Å²) in [6, 6.07) is 4.38. The van der Waals surface area contributed by atoms with Gasteiger partial charge in [0.1, 0.15) is 5.78 Å². The maximum atomic E-state index is 11.4. The molecule has 0 amide bonds. The standard InChI is InChI=1S/C13H16O/c1-8-6-10(3)12(7-9(8)2)11-4-5-13(11)14/h6-7,11H,4-5H2,1-3H3. The molecular formula is C13H16O. The summed E-state index contributed by atoms with van der Waals surface area (Å²) in [7, 11) is 0. The van der Waals surface area contributed by atoms with E-state index in [9.17, 15) is 4.79 Å². The normalized spacial score (nSPS) is 20.8. The lowest BCUT2D eigenvalue weighted by molar-refractivity contribution is -0.125. The molecule has 0 saturated heterocycles. The molecular weight excluding hydrogens is 172 g/mol. The van der Waals surface area contributed by atoms with E-state index < -0.39 is 0 Å². The fraction of sp³-hybridized carbons (Fsp3) is 0.462. The third-order valence-corrected chi connectivity index (χ3v) is 3.33. The lowest BCUT2D eigenvalue weighted by Crippen LogP contribution is -2.24. The molecule has 1 fully saturated rings. The summed E-state index contributed by atoms with van der Waals surface area (Å²) in [4.78, 5) is 11.4. The molecule has 0 aliphatic heterocycles. The first-order chi connectivity index (χ1) is 6.59. The Bertz CT molecular complexity index is 390. The first kappa shape index (κ1) is 9.45. The van der Waals surface area contributed by atoms with Crippen molar-refractivity contribution in [2.45, 2.75) is 39.5 Å². The molecule has 0 aromatic heterocycles. The van der Waals surface area contributed by atoms with Gasteiger partial charge < -0.3 is 0 Å². The first-order valence-corrected chi connectivity index (χ1v) is 5.20. The Hall–Kier alpha value is -1.11. The average Bonchev–Trinajstić information content (AvgIpc) is 2.12. The third-order valence-electron chi connectivity index (χ3n) is 3.33. The Morgan fingerprint density at radius 1 is 1.07 bits per heavy atom. The quantitative estimate of drug-likeness (QED) is 0.662. The van der Waals surface area contributed by atoms with E-state index in [1.54, 1.807) is 0 Å². The second-order valence-corrected chi connectivity index (χ2v) is 4.35. The summed E-state index contributed by atoms with van der Waals surface area (Å²) in [5, 5.41) is 0. The Labute approximate surface area is 85.1 Å². The summed E-state index contributed by atoms with van der Waals surface area (Å²) >= 11 is 0. The van der Waals surface area contributed by atoms with E-state index in [0.29, 0.717) is 5.78 Å². The van der Waals surface area contributed by atoms with E-state index in [0.717, 1.165) is 12.8 Å². The number of Topliss-reactive ketones (excluding diaryl/α,β-unsaturated/α-hetero) is 1. The van der Waals surface area contributed by atoms with Gasteiger partial charge in [0.25, 0.3) is 0 Å². The van der Waals surface area contributed by atoms with Crippen LogP contribution in [0.15, 0.2) is 12.1 Å². The molecule has 1 heteroatoms. The summed E-state index contributed by atoms with van der Waals surface area (Å²) in [6.07, 6.45) is 1.82. The molecule has 0 N–H and O–H groups in total. The van der Waals surface area contributed by atoms with Crippen LogP contribution >= 0.6 is 0 Å². The van der Waals surface area contributed by atoms with Gasteiger partial charge in [-0.3, -0.25) is 4.79 Å². The van der Waals surface area contributed by atoms with Gasteiger partial charge in [-0.1, -0.05) is 12.1 Å². The fourth-order valence-corrected chi connectivity index (χ4v) is 2.09. The van der Waals surface area contributed by atoms with Gasteiger partial charge in [-0.15, -0.1) is 0 Å². The topological polar surface area (TPSA) is 17.1 Å². The Kier molecular flexibility index (Phi) is 2.18. The molecule has 0 heterocycles. The number of benzene rings is 1. The van der Waals surface area contributed by atoms with Crippen LogP contribution in [0.1, 0.15) is 41.0 Å². The molecule has 74 valence electrons. The van der Waals surface area contributed by atoms with Gasteiger partial charge in [-0.05, 0) is 49.4 Å². The summed E-state index contributed by atoms with van der Waals surface area (Å²) in [6.45, 7) is 6.34. The van der Waals surface area contributed by atoms with Gasteiger partial charge in [0.15, 0.2) is 0 Å². The predicted octanol–water partition coefficient (Wildman–Crippen LogP) is 3.06. The van der Waals surface area contributed by atoms with Crippen LogP contribution in [-0.2, 0) is 4.79 Å². The minimum absolute atomic E-state index is 0.203. The van der Waals surface area contributed by atoms with Crippen LogP contribution in [0.3, 0.4) is 0 Å². The number of rotatable bonds is 1. The smallest absolute Gasteiger partial charge is 0.140 e. The van der Waals surface area contributed by atoms with Crippen molar-refractivity contribution in [1.82, 2.24) is 0 Å². The molecule has 14 heavy (non-hydrogen) atoms. The van der Waals surface area contributed by atoms with E-state index in [4.69, 9.17) is 0 Å². The second kappa shape index (κ2) is 3.23. The van der Waals surface area contributed by atoms with Crippen molar-refractivity contribution in [2.75, 3.05) is 0 Å². The molecule has 1 saturated carbocycles. The average molecular weight is 188 g/mol. The van der Waals surface area contributed by atoms with E-state index in [1.165, 1.54) is 22.3 Å². The van der Waals surface area contributed by atoms with Crippen LogP contribution in [0.2, 0.25) is 0 Å². The second-order valence-electron chi connectivity index (χ2n) is 4.35. The lowest BCUT2D eigenvalue weighted by Gasteiger charge is -2.26. The van der Waals surface area contributed by atoms with Crippen LogP contribution < -0.4 is 0 Å². The van der Waals surface area contributed by atoms with Gasteiger partial charge in [0, 0.05) is 12.3 Å². The maximum Gasteiger partial charge on any atom is 0.140 e. The number of carbonyl (C=O) groups is 1. The number of ketones is 1. The van der Waals surface area contributed by atoms with Crippen molar-refractivity contribution >= 4 is 5.78 Å². The van der Waals surface area contributed by atoms with Crippen LogP contribution in [-0.4, -0.2) is 5.78 Å². The van der Waals surface area contributed by atoms with Gasteiger partial charge in [0.05, 0.1) is 0 Å². The largest absolute Gasteiger partial charge is 0.299 e. The molecule has 1 unspecified atom stereocenters. The third kappa shape index (κ3) is 1.37. The van der Waals surface area contributed by atoms with Gasteiger partial charge >= 0.3 is 0 Å². The van der Waals surface area contributed by atoms with Crippen LogP contribution in [0.5, 0.6) is 0 Å². The van der Waals surface area contributed by atoms with Crippen LogP contribution in [0.4, 0.5) is 0 Å². The predicted molar refractivity (Wildman–Crippen MR) is 57.6 cm³/mol. The highest BCUT2D eigenvalue weighted by molar-refractivity contribution is 5.91. The summed E-state index contributed by atoms with van der Waals surface area (Å²) < 4.78 is 0. The Morgan fingerprint density at radius 2 is 1.71 bits per heavy atom. The van der Waals surface area contributed by atoms with Crippen LogP contribution in [0, 0.1) is 20.8 Å². The van der Waals surface area contributed by atoms with Gasteiger partial charge in [-0.25, -0.2) is 0 Å². The first-order valence-electron chi connectivity index (χ1n) is 5.20. The lowest BCUT2D eigenvalue weighted by atomic mass is 9.76. The van der Waals surface area contributed by atoms with Crippen molar-refractivity contribution < 1.29 is 4.79 Å². The Balaban J connectivity index is 2.43. The SMILES string of the molecule is Cc1cc(C)c(C2CCC2=O)cc1C. The van der Waals surface area contributed by atoms with Crippen molar-refractivity contribution in [2.24, 2.45) is 0 Å². The molecule has 1 aliphatic carbocycles. The highest BCUT2D eigenvalue weighted by Gasteiger charge is 2.30. The monoisotopic (exact) mass is 188 g/mol. The minimum Gasteiger partial charge on any atom is -0.299 e. The Morgan fingerprint density at radius 3 is 2.21 bits per heavy atom. The van der Waals surface area contributed by atoms with E-state index in [-0.39, 0.29) is 5.92 Å². The zero-order valence-electron chi connectivity index (χ0n) is 9.05. The van der Waals surface area contributed by atoms with Crippen molar-refractivity contribution in [3.8, 4) is 0 Å². The highest BCUT2D eigenvalue weighted by Crippen LogP contribution is 2.35. The summed E-state index contributed by atoms with van der Waals surface area (Å²) in [5.74, 6) is 0.616. The number of hydrogen-bond acceptors (Lipinski definition) is 1. The zero-order chi connectivity index (χ0) is 10.3. The molecule has 0 radical (unpaired) electrons. The van der Waals surface area contributed by atoms with Crippen molar-refractivity contribution in [3.05, 3.63) is 34.4 Å². The van der Waals surface area contributed by atoms with Crippen LogP contribution in [0.25, 0.3) is 0 Å². The molecule has 1 aliphatic rings. The van der Waals surface area contributed by atoms with E-state index in [2.05, 4.69) is 32.9 Å². The van der Waals surface area contributed by atoms with E-state index >= 15 is 0 Å². The number of carbonyl (C=O) groups excluding carboxylic acids is 1. The van der Waals surface area contributed by atoms with Gasteiger partial charge in [-0.2, -0.15) is 0 Å². The molecule has 1 nitrogen and oxygen atoms in total. The number of hydrogen-bond donors (Lipinski definition) is 0. The fourth-order valence-electron chi connectivity index (χ4n) is 2.09. The van der Waals surface area contributed by atoms with Crippen molar-refractivity contribution in [3.63, 3.8) is 0 Å². The van der Waals surface area contributed by atoms with Crippen molar-refractivity contribution in [1.29, 1.82) is 0 Å². The molecule has 1 aromatic carbocycles. The zero-order valence-corrected chi connectivity index (χ0v) is 9.05. The molecule has 1 atom stereocenters. The molecule has 1 aromatic rings. The number of aryl methyl sites for hydroxylation is 3. The van der Waals surface area contributed by atoms with E-state index in [1.807, 2.05) is 0 Å². The summed E-state index contributed by atoms with van der Waals surface area (Å²) in [5.41, 5.74) is 5.14. The minimum atomic E-state index is 0.203. The molecule has 0 spiro atoms. The van der Waals surface area contributed by atoms with Gasteiger partial charge in [0.2, 0.25) is 0 Å².